The minimum Gasteiger partial charge on any atom is -0.467 e. The van der Waals surface area contributed by atoms with Crippen molar-refractivity contribution < 1.29 is 19.1 Å². The Hall–Kier alpha value is -2.28. The highest BCUT2D eigenvalue weighted by molar-refractivity contribution is 8.18. The van der Waals surface area contributed by atoms with Gasteiger partial charge >= 0.3 is 5.97 Å². The van der Waals surface area contributed by atoms with Gasteiger partial charge in [-0.25, -0.2) is 4.79 Å². The van der Waals surface area contributed by atoms with Crippen LogP contribution in [0.2, 0.25) is 0 Å². The number of nitrogens with zero attached hydrogens (tertiary/aromatic N) is 2. The molecule has 3 rings (SSSR count). The number of methoxy groups -OCH3 is 1. The zero-order valence-electron chi connectivity index (χ0n) is 15.9. The lowest BCUT2D eigenvalue weighted by Crippen LogP contribution is -2.42. The van der Waals surface area contributed by atoms with Gasteiger partial charge in [-0.2, -0.15) is 0 Å². The van der Waals surface area contributed by atoms with Gasteiger partial charge in [0.2, 0.25) is 0 Å². The van der Waals surface area contributed by atoms with E-state index < -0.39 is 23.2 Å². The Morgan fingerprint density at radius 3 is 2.56 bits per heavy atom. The number of carbonyl (C=O) groups excluding carboxylic acids is 3. The third-order valence-corrected chi connectivity index (χ3v) is 5.90. The van der Waals surface area contributed by atoms with E-state index in [-0.39, 0.29) is 0 Å². The Morgan fingerprint density at radius 1 is 1.22 bits per heavy atom. The van der Waals surface area contributed by atoms with Crippen LogP contribution in [-0.4, -0.2) is 48.3 Å². The standard InChI is InChI=1S/C20H24N2O4S/c1-13-11-16(21-9-5-4-6-10-21)8-7-15(13)12-17-18(23)22(20(25)27-17)14(2)19(24)26-3/h7-8,11-12,14H,4-6,9-10H2,1-3H3/b17-12+/t14-/m0/s1. The first-order chi connectivity index (χ1) is 12.9. The molecule has 0 saturated carbocycles. The fraction of sp³-hybridized carbons (Fsp3) is 0.450. The van der Waals surface area contributed by atoms with Crippen LogP contribution in [0.3, 0.4) is 0 Å². The quantitative estimate of drug-likeness (QED) is 0.580. The zero-order valence-corrected chi connectivity index (χ0v) is 16.7. The van der Waals surface area contributed by atoms with Gasteiger partial charge < -0.3 is 9.64 Å². The molecule has 0 aliphatic carbocycles. The Kier molecular flexibility index (Phi) is 5.89. The number of amides is 2. The number of hydrogen-bond donors (Lipinski definition) is 0. The number of thioether (sulfide) groups is 1. The summed E-state index contributed by atoms with van der Waals surface area (Å²) in [6, 6.07) is 5.23. The molecule has 0 radical (unpaired) electrons. The Labute approximate surface area is 163 Å². The molecule has 0 spiro atoms. The molecule has 2 heterocycles. The molecule has 1 aromatic carbocycles. The van der Waals surface area contributed by atoms with Gasteiger partial charge in [0.05, 0.1) is 12.0 Å². The van der Waals surface area contributed by atoms with Crippen LogP contribution in [0, 0.1) is 6.92 Å². The van der Waals surface area contributed by atoms with Gasteiger partial charge in [-0.15, -0.1) is 0 Å². The highest BCUT2D eigenvalue weighted by Gasteiger charge is 2.41. The minimum absolute atomic E-state index is 0.324. The summed E-state index contributed by atoms with van der Waals surface area (Å²) in [6.45, 7) is 5.64. The topological polar surface area (TPSA) is 66.9 Å². The SMILES string of the molecule is COC(=O)[C@H](C)N1C(=O)S/C(=C/c2ccc(N3CCCCC3)cc2C)C1=O. The van der Waals surface area contributed by atoms with E-state index in [9.17, 15) is 14.4 Å². The first kappa shape index (κ1) is 19.5. The van der Waals surface area contributed by atoms with Gasteiger partial charge in [-0.3, -0.25) is 14.5 Å². The lowest BCUT2D eigenvalue weighted by molar-refractivity contribution is -0.148. The van der Waals surface area contributed by atoms with Crippen LogP contribution >= 0.6 is 11.8 Å². The highest BCUT2D eigenvalue weighted by Crippen LogP contribution is 2.34. The predicted octanol–water partition coefficient (Wildman–Crippen LogP) is 3.58. The van der Waals surface area contributed by atoms with Gasteiger partial charge in [0.15, 0.2) is 0 Å². The van der Waals surface area contributed by atoms with Gasteiger partial charge in [0.1, 0.15) is 6.04 Å². The van der Waals surface area contributed by atoms with Crippen molar-refractivity contribution >= 4 is 40.6 Å². The van der Waals surface area contributed by atoms with Crippen LogP contribution in [0.1, 0.15) is 37.3 Å². The second-order valence-electron chi connectivity index (χ2n) is 6.84. The molecular formula is C20H24N2O4S. The summed E-state index contributed by atoms with van der Waals surface area (Å²) in [5.41, 5.74) is 3.13. The molecule has 27 heavy (non-hydrogen) atoms. The maximum Gasteiger partial charge on any atom is 0.328 e. The predicted molar refractivity (Wildman–Crippen MR) is 107 cm³/mol. The van der Waals surface area contributed by atoms with Gasteiger partial charge in [-0.05, 0) is 74.2 Å². The number of aryl methyl sites for hydroxylation is 1. The number of carbonyl (C=O) groups is 3. The Morgan fingerprint density at radius 2 is 1.93 bits per heavy atom. The lowest BCUT2D eigenvalue weighted by Gasteiger charge is -2.29. The Bertz CT molecular complexity index is 799. The van der Waals surface area contributed by atoms with E-state index in [1.165, 1.54) is 39.0 Å². The molecule has 7 heteroatoms. The third-order valence-electron chi connectivity index (χ3n) is 5.01. The van der Waals surface area contributed by atoms with Crippen molar-refractivity contribution in [3.8, 4) is 0 Å². The second kappa shape index (κ2) is 8.17. The summed E-state index contributed by atoms with van der Waals surface area (Å²) in [5, 5.41) is -0.452. The molecule has 0 bridgehead atoms. The van der Waals surface area contributed by atoms with Gasteiger partial charge in [0, 0.05) is 18.8 Å². The van der Waals surface area contributed by atoms with Crippen molar-refractivity contribution in [2.24, 2.45) is 0 Å². The number of benzene rings is 1. The smallest absolute Gasteiger partial charge is 0.328 e. The first-order valence-corrected chi connectivity index (χ1v) is 9.94. The van der Waals surface area contributed by atoms with Crippen LogP contribution in [0.25, 0.3) is 6.08 Å². The molecule has 2 fully saturated rings. The molecule has 6 nitrogen and oxygen atoms in total. The van der Waals surface area contributed by atoms with Crippen molar-refractivity contribution in [3.63, 3.8) is 0 Å². The zero-order chi connectivity index (χ0) is 19.6. The number of imide groups is 1. The molecule has 144 valence electrons. The molecule has 0 unspecified atom stereocenters. The first-order valence-electron chi connectivity index (χ1n) is 9.13. The molecule has 0 N–H and O–H groups in total. The van der Waals surface area contributed by atoms with E-state index in [2.05, 4.69) is 21.8 Å². The van der Waals surface area contributed by atoms with Gasteiger partial charge in [-0.1, -0.05) is 6.07 Å². The van der Waals surface area contributed by atoms with Crippen LogP contribution < -0.4 is 4.90 Å². The summed E-state index contributed by atoms with van der Waals surface area (Å²) in [7, 11) is 1.24. The molecule has 0 aromatic heterocycles. The summed E-state index contributed by atoms with van der Waals surface area (Å²) in [4.78, 5) is 40.2. The fourth-order valence-electron chi connectivity index (χ4n) is 3.40. The largest absolute Gasteiger partial charge is 0.467 e. The van der Waals surface area contributed by atoms with Crippen molar-refractivity contribution in [1.82, 2.24) is 4.90 Å². The van der Waals surface area contributed by atoms with Crippen molar-refractivity contribution in [1.29, 1.82) is 0 Å². The Balaban J connectivity index is 1.81. The average molecular weight is 388 g/mol. The third kappa shape index (κ3) is 4.03. The molecule has 1 atom stereocenters. The number of esters is 1. The lowest BCUT2D eigenvalue weighted by atomic mass is 10.0. The van der Waals surface area contributed by atoms with Crippen LogP contribution in [0.15, 0.2) is 23.1 Å². The monoisotopic (exact) mass is 388 g/mol. The normalized spacial score (nSPS) is 20.3. The summed E-state index contributed by atoms with van der Waals surface area (Å²) in [5.74, 6) is -1.07. The molecular weight excluding hydrogens is 364 g/mol. The number of piperidine rings is 1. The summed E-state index contributed by atoms with van der Waals surface area (Å²) in [6.07, 6.45) is 5.44. The molecule has 2 amide bonds. The number of anilines is 1. The number of ether oxygens (including phenoxy) is 1. The average Bonchev–Trinajstić information content (AvgIpc) is 2.96. The molecule has 1 aromatic rings. The van der Waals surface area contributed by atoms with E-state index in [0.29, 0.717) is 4.91 Å². The fourth-order valence-corrected chi connectivity index (χ4v) is 4.30. The maximum atomic E-state index is 12.6. The van der Waals surface area contributed by atoms with Gasteiger partial charge in [0.25, 0.3) is 11.1 Å². The minimum atomic E-state index is -0.934. The van der Waals surface area contributed by atoms with E-state index >= 15 is 0 Å². The summed E-state index contributed by atoms with van der Waals surface area (Å²) < 4.78 is 4.65. The van der Waals surface area contributed by atoms with Crippen LogP contribution in [0.4, 0.5) is 10.5 Å². The van der Waals surface area contributed by atoms with E-state index in [0.717, 1.165) is 40.9 Å². The van der Waals surface area contributed by atoms with E-state index in [1.807, 2.05) is 13.0 Å². The number of hydrogen-bond acceptors (Lipinski definition) is 6. The van der Waals surface area contributed by atoms with E-state index in [1.54, 1.807) is 6.08 Å². The van der Waals surface area contributed by atoms with E-state index in [4.69, 9.17) is 0 Å². The van der Waals surface area contributed by atoms with Crippen molar-refractivity contribution in [3.05, 3.63) is 34.2 Å². The number of rotatable bonds is 4. The van der Waals surface area contributed by atoms with Crippen molar-refractivity contribution in [2.45, 2.75) is 39.2 Å². The van der Waals surface area contributed by atoms with Crippen LogP contribution in [0.5, 0.6) is 0 Å². The van der Waals surface area contributed by atoms with Crippen LogP contribution in [-0.2, 0) is 14.3 Å². The molecule has 2 saturated heterocycles. The maximum absolute atomic E-state index is 12.6. The molecule has 2 aliphatic heterocycles. The van der Waals surface area contributed by atoms with Crippen molar-refractivity contribution in [2.75, 3.05) is 25.1 Å². The summed E-state index contributed by atoms with van der Waals surface area (Å²) >= 11 is 0.854. The second-order valence-corrected chi connectivity index (χ2v) is 7.83. The molecule has 2 aliphatic rings. The highest BCUT2D eigenvalue weighted by atomic mass is 32.2.